The minimum Gasteiger partial charge on any atom is -0.386 e. The fourth-order valence-electron chi connectivity index (χ4n) is 4.43. The monoisotopic (exact) mass is 397 g/mol. The van der Waals surface area contributed by atoms with Crippen molar-refractivity contribution < 1.29 is 14.6 Å². The molecule has 1 atom stereocenters. The van der Waals surface area contributed by atoms with E-state index in [0.717, 1.165) is 23.7 Å². The van der Waals surface area contributed by atoms with Crippen LogP contribution >= 0.6 is 0 Å². The summed E-state index contributed by atoms with van der Waals surface area (Å²) in [5.74, 6) is 0.427. The number of carbonyl (C=O) groups excluding carboxylic acids is 1. The van der Waals surface area contributed by atoms with Crippen LogP contribution in [0.4, 0.5) is 5.69 Å². The molecule has 6 nitrogen and oxygen atoms in total. The summed E-state index contributed by atoms with van der Waals surface area (Å²) >= 11 is 0. The maximum absolute atomic E-state index is 12.8. The van der Waals surface area contributed by atoms with E-state index in [1.165, 1.54) is 25.7 Å². The zero-order valence-corrected chi connectivity index (χ0v) is 17.4. The third-order valence-electron chi connectivity index (χ3n) is 5.72. The topological polar surface area (TPSA) is 87.3 Å². The number of amides is 1. The number of anilines is 1. The van der Waals surface area contributed by atoms with E-state index in [2.05, 4.69) is 11.4 Å². The molecular formula is C23H31N3O3. The Kier molecular flexibility index (Phi) is 6.94. The first-order valence-electron chi connectivity index (χ1n) is 10.5. The lowest BCUT2D eigenvalue weighted by Crippen LogP contribution is -2.35. The van der Waals surface area contributed by atoms with Crippen LogP contribution in [-0.2, 0) is 16.1 Å². The first-order chi connectivity index (χ1) is 13.9. The van der Waals surface area contributed by atoms with Gasteiger partial charge in [0.1, 0.15) is 5.60 Å². The quantitative estimate of drug-likeness (QED) is 0.685. The number of carbonyl (C=O) groups is 1. The van der Waals surface area contributed by atoms with E-state index in [1.54, 1.807) is 20.1 Å². The molecule has 1 unspecified atom stereocenters. The van der Waals surface area contributed by atoms with E-state index in [0.29, 0.717) is 30.1 Å². The van der Waals surface area contributed by atoms with Crippen LogP contribution in [0.1, 0.15) is 57.4 Å². The van der Waals surface area contributed by atoms with Crippen LogP contribution in [0.15, 0.2) is 24.4 Å². The molecule has 29 heavy (non-hydrogen) atoms. The molecule has 1 aromatic carbocycles. The fourth-order valence-corrected chi connectivity index (χ4v) is 4.43. The summed E-state index contributed by atoms with van der Waals surface area (Å²) in [6, 6.07) is 7.70. The molecule has 0 saturated heterocycles. The van der Waals surface area contributed by atoms with Crippen molar-refractivity contribution in [1.29, 1.82) is 5.26 Å². The summed E-state index contributed by atoms with van der Waals surface area (Å²) in [4.78, 5) is 12.8. The molecule has 1 amide bonds. The van der Waals surface area contributed by atoms with Gasteiger partial charge in [-0.05, 0) is 37.8 Å². The first kappa shape index (κ1) is 21.4. The highest BCUT2D eigenvalue weighted by atomic mass is 16.5. The molecule has 3 rings (SSSR count). The third-order valence-corrected chi connectivity index (χ3v) is 5.72. The van der Waals surface area contributed by atoms with Gasteiger partial charge in [0, 0.05) is 25.1 Å². The van der Waals surface area contributed by atoms with Gasteiger partial charge in [0.2, 0.25) is 5.91 Å². The molecule has 1 fully saturated rings. The number of hydrogen-bond acceptors (Lipinski definition) is 4. The van der Waals surface area contributed by atoms with E-state index in [9.17, 15) is 15.2 Å². The second-order valence-electron chi connectivity index (χ2n) is 8.52. The lowest BCUT2D eigenvalue weighted by molar-refractivity contribution is -0.117. The molecule has 2 N–H and O–H groups in total. The lowest BCUT2D eigenvalue weighted by atomic mass is 9.96. The second-order valence-corrected chi connectivity index (χ2v) is 8.52. The lowest BCUT2D eigenvalue weighted by Gasteiger charge is -2.23. The van der Waals surface area contributed by atoms with Gasteiger partial charge in [-0.15, -0.1) is 0 Å². The number of nitrogens with one attached hydrogen (secondary N) is 1. The number of nitriles is 1. The van der Waals surface area contributed by atoms with Gasteiger partial charge in [-0.2, -0.15) is 5.26 Å². The maximum atomic E-state index is 12.8. The van der Waals surface area contributed by atoms with E-state index in [4.69, 9.17) is 4.74 Å². The van der Waals surface area contributed by atoms with Crippen molar-refractivity contribution in [1.82, 2.24) is 4.57 Å². The molecule has 0 bridgehead atoms. The maximum Gasteiger partial charge on any atom is 0.224 e. The van der Waals surface area contributed by atoms with Crippen molar-refractivity contribution in [2.75, 3.05) is 19.0 Å². The van der Waals surface area contributed by atoms with E-state index < -0.39 is 5.60 Å². The van der Waals surface area contributed by atoms with E-state index in [1.807, 2.05) is 22.9 Å². The van der Waals surface area contributed by atoms with Gasteiger partial charge in [0.05, 0.1) is 36.0 Å². The molecular weight excluding hydrogens is 366 g/mol. The molecule has 1 heterocycles. The average molecular weight is 398 g/mol. The summed E-state index contributed by atoms with van der Waals surface area (Å²) < 4.78 is 7.00. The largest absolute Gasteiger partial charge is 0.386 e. The SMILES string of the molecule is COCC(C)(O)Cn1cc(NC(=O)CC2CCCCCC2)c2c(C#N)cccc21. The molecule has 156 valence electrons. The molecule has 2 aromatic rings. The van der Waals surface area contributed by atoms with Gasteiger partial charge >= 0.3 is 0 Å². The van der Waals surface area contributed by atoms with Gasteiger partial charge in [-0.3, -0.25) is 4.79 Å². The number of ether oxygens (including phenoxy) is 1. The van der Waals surface area contributed by atoms with Crippen molar-refractivity contribution in [2.45, 2.75) is 64.0 Å². The number of aromatic nitrogens is 1. The van der Waals surface area contributed by atoms with Crippen LogP contribution < -0.4 is 5.32 Å². The number of hydrogen-bond donors (Lipinski definition) is 2. The molecule has 6 heteroatoms. The Labute approximate surface area is 172 Å². The zero-order valence-electron chi connectivity index (χ0n) is 17.4. The normalized spacial score (nSPS) is 17.4. The molecule has 0 aliphatic heterocycles. The van der Waals surface area contributed by atoms with Gasteiger partial charge in [-0.25, -0.2) is 0 Å². The molecule has 0 radical (unpaired) electrons. The first-order valence-corrected chi connectivity index (χ1v) is 10.5. The Balaban J connectivity index is 1.86. The predicted molar refractivity (Wildman–Crippen MR) is 114 cm³/mol. The molecule has 1 aliphatic carbocycles. The van der Waals surface area contributed by atoms with Crippen molar-refractivity contribution in [3.05, 3.63) is 30.0 Å². The second kappa shape index (κ2) is 9.43. The Hall–Kier alpha value is -2.36. The standard InChI is InChI=1S/C23H31N3O3/c1-23(28,16-29-2)15-26-14-19(22-18(13-24)10-7-11-20(22)26)25-21(27)12-17-8-5-3-4-6-9-17/h7,10-11,14,17,28H,3-6,8-9,12,15-16H2,1-2H3,(H,25,27). The number of nitrogens with zero attached hydrogens (tertiary/aromatic N) is 2. The van der Waals surface area contributed by atoms with Crippen LogP contribution in [0.2, 0.25) is 0 Å². The number of benzene rings is 1. The summed E-state index contributed by atoms with van der Waals surface area (Å²) in [6.45, 7) is 2.19. The summed E-state index contributed by atoms with van der Waals surface area (Å²) in [5, 5.41) is 23.9. The summed E-state index contributed by atoms with van der Waals surface area (Å²) in [6.07, 6.45) is 9.48. The fraction of sp³-hybridized carbons (Fsp3) is 0.565. The number of methoxy groups -OCH3 is 1. The van der Waals surface area contributed by atoms with Crippen molar-refractivity contribution in [3.8, 4) is 6.07 Å². The van der Waals surface area contributed by atoms with Crippen molar-refractivity contribution in [2.24, 2.45) is 5.92 Å². The molecule has 1 aromatic heterocycles. The van der Waals surface area contributed by atoms with Crippen LogP contribution in [0, 0.1) is 17.2 Å². The Morgan fingerprint density at radius 2 is 2.07 bits per heavy atom. The predicted octanol–water partition coefficient (Wildman–Crippen LogP) is 4.21. The third kappa shape index (κ3) is 5.37. The van der Waals surface area contributed by atoms with E-state index in [-0.39, 0.29) is 12.5 Å². The molecule has 1 saturated carbocycles. The Morgan fingerprint density at radius 1 is 1.34 bits per heavy atom. The zero-order chi connectivity index (χ0) is 20.9. The number of aliphatic hydroxyl groups is 1. The number of rotatable bonds is 7. The van der Waals surface area contributed by atoms with Gasteiger partial charge in [-0.1, -0.05) is 31.7 Å². The Bertz CT molecular complexity index is 887. The van der Waals surface area contributed by atoms with Crippen LogP contribution in [0.25, 0.3) is 10.9 Å². The highest BCUT2D eigenvalue weighted by Crippen LogP contribution is 2.31. The highest BCUT2D eigenvalue weighted by Gasteiger charge is 2.24. The minimum atomic E-state index is -1.06. The Morgan fingerprint density at radius 3 is 2.72 bits per heavy atom. The molecule has 1 aliphatic rings. The van der Waals surface area contributed by atoms with E-state index >= 15 is 0 Å². The van der Waals surface area contributed by atoms with Gasteiger partial charge < -0.3 is 19.7 Å². The highest BCUT2D eigenvalue weighted by molar-refractivity contribution is 6.04. The minimum absolute atomic E-state index is 0.00709. The van der Waals surface area contributed by atoms with Crippen LogP contribution in [-0.4, -0.2) is 34.9 Å². The average Bonchev–Trinajstić information content (AvgIpc) is 2.83. The molecule has 0 spiro atoms. The number of fused-ring (bicyclic) bond motifs is 1. The smallest absolute Gasteiger partial charge is 0.224 e. The van der Waals surface area contributed by atoms with Gasteiger partial charge in [0.25, 0.3) is 0 Å². The van der Waals surface area contributed by atoms with Crippen LogP contribution in [0.3, 0.4) is 0 Å². The van der Waals surface area contributed by atoms with Gasteiger partial charge in [0.15, 0.2) is 0 Å². The van der Waals surface area contributed by atoms with Crippen molar-refractivity contribution in [3.63, 3.8) is 0 Å². The van der Waals surface area contributed by atoms with Crippen molar-refractivity contribution >= 4 is 22.5 Å². The summed E-state index contributed by atoms with van der Waals surface area (Å²) in [7, 11) is 1.55. The van der Waals surface area contributed by atoms with Crippen LogP contribution in [0.5, 0.6) is 0 Å². The summed E-state index contributed by atoms with van der Waals surface area (Å²) in [5.41, 5.74) is 0.886.